The number of carbonyl (C=O) groups excluding carboxylic acids is 3. The molecule has 7 heteroatoms. The zero-order valence-corrected chi connectivity index (χ0v) is 13.0. The predicted molar refractivity (Wildman–Crippen MR) is 84.2 cm³/mol. The van der Waals surface area contributed by atoms with Crippen LogP contribution in [-0.4, -0.2) is 37.7 Å². The number of benzene rings is 1. The van der Waals surface area contributed by atoms with E-state index in [2.05, 4.69) is 21.9 Å². The fourth-order valence-corrected chi connectivity index (χ4v) is 1.59. The second-order valence-corrected chi connectivity index (χ2v) is 4.41. The molecular weight excluding hydrogens is 300 g/mol. The molecule has 0 saturated heterocycles. The zero-order chi connectivity index (χ0) is 17.1. The summed E-state index contributed by atoms with van der Waals surface area (Å²) in [4.78, 5) is 33.9. The molecule has 0 heterocycles. The number of nitrogens with one attached hydrogen (secondary N) is 2. The maximum Gasteiger partial charge on any atom is 0.513 e. The lowest BCUT2D eigenvalue weighted by Crippen LogP contribution is -2.29. The molecule has 124 valence electrons. The van der Waals surface area contributed by atoms with Gasteiger partial charge in [0.05, 0.1) is 6.61 Å². The molecule has 0 radical (unpaired) electrons. The van der Waals surface area contributed by atoms with Crippen LogP contribution in [-0.2, 0) is 9.53 Å². The van der Waals surface area contributed by atoms with Gasteiger partial charge < -0.3 is 20.1 Å². The number of ether oxygens (including phenoxy) is 2. The van der Waals surface area contributed by atoms with Crippen molar-refractivity contribution in [3.63, 3.8) is 0 Å². The van der Waals surface area contributed by atoms with Gasteiger partial charge in [-0.1, -0.05) is 6.58 Å². The standard InChI is InChI=1S/C16H20N2O5/c1-3-14(19)17-10-5-11-18-15(20)12-6-8-13(9-7-12)23-16(21)22-4-2/h3,6-9H,1,4-5,10-11H2,2H3,(H,17,19)(H,18,20). The molecule has 0 aliphatic rings. The quantitative estimate of drug-likeness (QED) is 0.329. The van der Waals surface area contributed by atoms with Crippen molar-refractivity contribution in [1.29, 1.82) is 0 Å². The molecule has 2 N–H and O–H groups in total. The minimum atomic E-state index is -0.786. The number of hydrogen-bond acceptors (Lipinski definition) is 5. The van der Waals surface area contributed by atoms with Crippen molar-refractivity contribution in [2.24, 2.45) is 0 Å². The Kier molecular flexibility index (Phi) is 7.91. The Labute approximate surface area is 134 Å². The smallest absolute Gasteiger partial charge is 0.434 e. The molecule has 0 atom stereocenters. The van der Waals surface area contributed by atoms with Gasteiger partial charge in [0.15, 0.2) is 0 Å². The van der Waals surface area contributed by atoms with Crippen molar-refractivity contribution in [2.45, 2.75) is 13.3 Å². The lowest BCUT2D eigenvalue weighted by Gasteiger charge is -2.07. The molecule has 7 nitrogen and oxygen atoms in total. The molecular formula is C16H20N2O5. The Morgan fingerprint density at radius 1 is 1.13 bits per heavy atom. The summed E-state index contributed by atoms with van der Waals surface area (Å²) in [6.07, 6.45) is 1.01. The monoisotopic (exact) mass is 320 g/mol. The van der Waals surface area contributed by atoms with E-state index in [0.29, 0.717) is 30.8 Å². The van der Waals surface area contributed by atoms with Crippen LogP contribution in [0.2, 0.25) is 0 Å². The van der Waals surface area contributed by atoms with Gasteiger partial charge in [0.2, 0.25) is 5.91 Å². The normalized spacial score (nSPS) is 9.61. The summed E-state index contributed by atoms with van der Waals surface area (Å²) >= 11 is 0. The topological polar surface area (TPSA) is 93.7 Å². The van der Waals surface area contributed by atoms with E-state index in [0.717, 1.165) is 0 Å². The maximum absolute atomic E-state index is 11.9. The van der Waals surface area contributed by atoms with E-state index >= 15 is 0 Å². The Bertz CT molecular complexity index is 554. The highest BCUT2D eigenvalue weighted by atomic mass is 16.7. The molecule has 0 fully saturated rings. The second-order valence-electron chi connectivity index (χ2n) is 4.41. The number of amides is 2. The number of hydrogen-bond donors (Lipinski definition) is 2. The van der Waals surface area contributed by atoms with Crippen LogP contribution in [0.5, 0.6) is 5.75 Å². The van der Waals surface area contributed by atoms with Crippen molar-refractivity contribution >= 4 is 18.0 Å². The van der Waals surface area contributed by atoms with Crippen molar-refractivity contribution in [3.8, 4) is 5.75 Å². The Morgan fingerprint density at radius 3 is 2.39 bits per heavy atom. The molecule has 0 saturated carbocycles. The third kappa shape index (κ3) is 7.12. The Morgan fingerprint density at radius 2 is 1.78 bits per heavy atom. The zero-order valence-electron chi connectivity index (χ0n) is 13.0. The van der Waals surface area contributed by atoms with Gasteiger partial charge in [0.25, 0.3) is 5.91 Å². The molecule has 0 unspecified atom stereocenters. The van der Waals surface area contributed by atoms with Gasteiger partial charge in [-0.2, -0.15) is 0 Å². The van der Waals surface area contributed by atoms with Gasteiger partial charge in [-0.15, -0.1) is 0 Å². The highest BCUT2D eigenvalue weighted by Gasteiger charge is 2.08. The number of rotatable bonds is 8. The van der Waals surface area contributed by atoms with E-state index in [1.807, 2.05) is 0 Å². The molecule has 0 aliphatic carbocycles. The van der Waals surface area contributed by atoms with Crippen molar-refractivity contribution in [3.05, 3.63) is 42.5 Å². The number of carbonyl (C=O) groups is 3. The van der Waals surface area contributed by atoms with Crippen LogP contribution in [0.15, 0.2) is 36.9 Å². The van der Waals surface area contributed by atoms with Gasteiger partial charge in [-0.05, 0) is 43.7 Å². The van der Waals surface area contributed by atoms with Crippen LogP contribution in [0.4, 0.5) is 4.79 Å². The van der Waals surface area contributed by atoms with Crippen LogP contribution < -0.4 is 15.4 Å². The SMILES string of the molecule is C=CC(=O)NCCCNC(=O)c1ccc(OC(=O)OCC)cc1. The first-order valence-corrected chi connectivity index (χ1v) is 7.20. The molecule has 23 heavy (non-hydrogen) atoms. The van der Waals surface area contributed by atoms with Gasteiger partial charge >= 0.3 is 6.16 Å². The van der Waals surface area contributed by atoms with Crippen molar-refractivity contribution < 1.29 is 23.9 Å². The van der Waals surface area contributed by atoms with E-state index in [4.69, 9.17) is 4.74 Å². The molecule has 0 aliphatic heterocycles. The summed E-state index contributed by atoms with van der Waals surface area (Å²) in [6, 6.07) is 6.11. The first-order chi connectivity index (χ1) is 11.1. The third-order valence-electron chi connectivity index (χ3n) is 2.70. The van der Waals surface area contributed by atoms with Gasteiger partial charge in [-0.3, -0.25) is 9.59 Å². The fourth-order valence-electron chi connectivity index (χ4n) is 1.59. The van der Waals surface area contributed by atoms with Crippen LogP contribution in [0.1, 0.15) is 23.7 Å². The largest absolute Gasteiger partial charge is 0.513 e. The summed E-state index contributed by atoms with van der Waals surface area (Å²) in [5, 5.41) is 5.34. The first kappa shape index (κ1) is 18.2. The first-order valence-electron chi connectivity index (χ1n) is 7.20. The summed E-state index contributed by atoms with van der Waals surface area (Å²) in [5.74, 6) is -0.191. The van der Waals surface area contributed by atoms with Crippen LogP contribution in [0.3, 0.4) is 0 Å². The maximum atomic E-state index is 11.9. The molecule has 1 rings (SSSR count). The van der Waals surface area contributed by atoms with Crippen molar-refractivity contribution in [2.75, 3.05) is 19.7 Å². The minimum Gasteiger partial charge on any atom is -0.434 e. The lowest BCUT2D eigenvalue weighted by molar-refractivity contribution is -0.116. The molecule has 2 amide bonds. The third-order valence-corrected chi connectivity index (χ3v) is 2.70. The van der Waals surface area contributed by atoms with Gasteiger partial charge in [0.1, 0.15) is 5.75 Å². The highest BCUT2D eigenvalue weighted by Crippen LogP contribution is 2.12. The van der Waals surface area contributed by atoms with E-state index in [-0.39, 0.29) is 18.4 Å². The summed E-state index contributed by atoms with van der Waals surface area (Å²) < 4.78 is 9.54. The van der Waals surface area contributed by atoms with Crippen molar-refractivity contribution in [1.82, 2.24) is 10.6 Å². The van der Waals surface area contributed by atoms with E-state index in [1.54, 1.807) is 19.1 Å². The van der Waals surface area contributed by atoms with Gasteiger partial charge in [-0.25, -0.2) is 4.79 Å². The minimum absolute atomic E-state index is 0.229. The molecule has 0 aromatic heterocycles. The van der Waals surface area contributed by atoms with Crippen LogP contribution >= 0.6 is 0 Å². The van der Waals surface area contributed by atoms with E-state index in [9.17, 15) is 14.4 Å². The average Bonchev–Trinajstić information content (AvgIpc) is 2.55. The van der Waals surface area contributed by atoms with Crippen LogP contribution in [0.25, 0.3) is 0 Å². The summed E-state index contributed by atoms with van der Waals surface area (Å²) in [7, 11) is 0. The van der Waals surface area contributed by atoms with E-state index in [1.165, 1.54) is 18.2 Å². The Balaban J connectivity index is 2.35. The Hall–Kier alpha value is -2.83. The second kappa shape index (κ2) is 9.99. The predicted octanol–water partition coefficient (Wildman–Crippen LogP) is 1.64. The molecule has 0 bridgehead atoms. The average molecular weight is 320 g/mol. The van der Waals surface area contributed by atoms with Gasteiger partial charge in [0, 0.05) is 18.7 Å². The highest BCUT2D eigenvalue weighted by molar-refractivity contribution is 5.94. The molecule has 0 spiro atoms. The van der Waals surface area contributed by atoms with Crippen LogP contribution in [0, 0.1) is 0 Å². The summed E-state index contributed by atoms with van der Waals surface area (Å²) in [6.45, 7) is 6.13. The lowest BCUT2D eigenvalue weighted by atomic mass is 10.2. The molecule has 1 aromatic carbocycles. The summed E-state index contributed by atoms with van der Waals surface area (Å²) in [5.41, 5.74) is 0.441. The van der Waals surface area contributed by atoms with E-state index < -0.39 is 6.16 Å². The molecule has 1 aromatic rings. The fraction of sp³-hybridized carbons (Fsp3) is 0.312.